The van der Waals surface area contributed by atoms with Crippen LogP contribution in [0.25, 0.3) is 0 Å². The third kappa shape index (κ3) is 1.62. The van der Waals surface area contributed by atoms with Gasteiger partial charge in [0.2, 0.25) is 5.95 Å². The van der Waals surface area contributed by atoms with Crippen LogP contribution in [-0.2, 0) is 16.9 Å². The maximum atomic E-state index is 10.8. The van der Waals surface area contributed by atoms with E-state index in [0.717, 1.165) is 0 Å². The van der Waals surface area contributed by atoms with Gasteiger partial charge in [0, 0.05) is 7.05 Å². The van der Waals surface area contributed by atoms with Gasteiger partial charge in [0.25, 0.3) is 0 Å². The Balaban J connectivity index is 1.98. The molecule has 8 heteroatoms. The minimum Gasteiger partial charge on any atom is -0.348 e. The van der Waals surface area contributed by atoms with Crippen LogP contribution in [0.4, 0.5) is 5.95 Å². The van der Waals surface area contributed by atoms with Gasteiger partial charge in [-0.15, -0.1) is 0 Å². The van der Waals surface area contributed by atoms with Crippen molar-refractivity contribution in [3.05, 3.63) is 0 Å². The fourth-order valence-corrected chi connectivity index (χ4v) is 2.48. The monoisotopic (exact) mass is 203 g/mol. The van der Waals surface area contributed by atoms with Crippen molar-refractivity contribution in [1.82, 2.24) is 20.2 Å². The van der Waals surface area contributed by atoms with Crippen LogP contribution in [0.3, 0.4) is 0 Å². The molecule has 0 bridgehead atoms. The summed E-state index contributed by atoms with van der Waals surface area (Å²) in [5.41, 5.74) is 0. The summed E-state index contributed by atoms with van der Waals surface area (Å²) in [4.78, 5) is 0. The van der Waals surface area contributed by atoms with E-state index in [1.807, 2.05) is 0 Å². The molecule has 0 aliphatic carbocycles. The van der Waals surface area contributed by atoms with Crippen LogP contribution in [0.2, 0.25) is 0 Å². The first-order valence-electron chi connectivity index (χ1n) is 3.76. The van der Waals surface area contributed by atoms with Gasteiger partial charge in [-0.05, 0) is 10.4 Å². The quantitative estimate of drug-likeness (QED) is 0.624. The summed E-state index contributed by atoms with van der Waals surface area (Å²) < 4.78 is 23.1. The predicted octanol–water partition coefficient (Wildman–Crippen LogP) is -1.58. The van der Waals surface area contributed by atoms with Crippen molar-refractivity contribution in [2.24, 2.45) is 7.05 Å². The van der Waals surface area contributed by atoms with Gasteiger partial charge in [-0.1, -0.05) is 5.10 Å². The molecule has 1 aromatic rings. The van der Waals surface area contributed by atoms with Crippen molar-refractivity contribution >= 4 is 15.8 Å². The minimum absolute atomic E-state index is 0.0466. The second-order valence-corrected chi connectivity index (χ2v) is 5.20. The molecule has 1 aliphatic rings. The van der Waals surface area contributed by atoms with Gasteiger partial charge in [0.1, 0.15) is 0 Å². The lowest BCUT2D eigenvalue weighted by molar-refractivity contribution is 0.569. The molecule has 0 atom stereocenters. The molecule has 72 valence electrons. The first-order valence-corrected chi connectivity index (χ1v) is 5.58. The molecule has 0 saturated carbocycles. The Bertz CT molecular complexity index is 398. The van der Waals surface area contributed by atoms with Gasteiger partial charge in [-0.2, -0.15) is 0 Å². The first kappa shape index (κ1) is 8.42. The van der Waals surface area contributed by atoms with Crippen LogP contribution in [0.1, 0.15) is 0 Å². The third-order valence-corrected chi connectivity index (χ3v) is 3.68. The molecule has 1 aliphatic heterocycles. The van der Waals surface area contributed by atoms with Crippen LogP contribution < -0.4 is 5.32 Å². The molecule has 1 aromatic heterocycles. The van der Waals surface area contributed by atoms with Gasteiger partial charge < -0.3 is 5.32 Å². The van der Waals surface area contributed by atoms with Gasteiger partial charge in [-0.25, -0.2) is 13.1 Å². The topological polar surface area (TPSA) is 89.8 Å². The molecule has 0 amide bonds. The fraction of sp³-hybridized carbons (Fsp3) is 0.800. The van der Waals surface area contributed by atoms with E-state index in [9.17, 15) is 8.42 Å². The highest BCUT2D eigenvalue weighted by atomic mass is 32.2. The molecule has 13 heavy (non-hydrogen) atoms. The van der Waals surface area contributed by atoms with E-state index in [0.29, 0.717) is 5.95 Å². The Morgan fingerprint density at radius 1 is 1.54 bits per heavy atom. The molecular weight excluding hydrogens is 194 g/mol. The van der Waals surface area contributed by atoms with Crippen molar-refractivity contribution in [2.75, 3.05) is 16.8 Å². The highest BCUT2D eigenvalue weighted by Crippen LogP contribution is 2.14. The second-order valence-electron chi connectivity index (χ2n) is 3.04. The van der Waals surface area contributed by atoms with E-state index in [4.69, 9.17) is 0 Å². The summed E-state index contributed by atoms with van der Waals surface area (Å²) in [6.45, 7) is 0. The molecule has 1 fully saturated rings. The van der Waals surface area contributed by atoms with E-state index in [1.54, 1.807) is 7.05 Å². The van der Waals surface area contributed by atoms with E-state index in [-0.39, 0.29) is 17.5 Å². The fourth-order valence-electron chi connectivity index (χ4n) is 1.18. The summed E-state index contributed by atoms with van der Waals surface area (Å²) in [5.74, 6) is 0.833. The zero-order valence-electron chi connectivity index (χ0n) is 7.01. The van der Waals surface area contributed by atoms with Crippen LogP contribution in [-0.4, -0.2) is 46.2 Å². The minimum atomic E-state index is -2.79. The maximum absolute atomic E-state index is 10.8. The Hall–Kier alpha value is -1.18. The lowest BCUT2D eigenvalue weighted by Gasteiger charge is -2.26. The van der Waals surface area contributed by atoms with Gasteiger partial charge in [0.15, 0.2) is 9.84 Å². The summed E-state index contributed by atoms with van der Waals surface area (Å²) in [5, 5.41) is 13.6. The van der Waals surface area contributed by atoms with Crippen molar-refractivity contribution in [3.63, 3.8) is 0 Å². The Labute approximate surface area is 75.0 Å². The van der Waals surface area contributed by atoms with Crippen LogP contribution >= 0.6 is 0 Å². The number of anilines is 1. The Morgan fingerprint density at radius 2 is 2.23 bits per heavy atom. The van der Waals surface area contributed by atoms with E-state index in [1.165, 1.54) is 4.68 Å². The number of hydrogen-bond donors (Lipinski definition) is 1. The molecule has 0 aromatic carbocycles. The molecule has 2 rings (SSSR count). The molecular formula is C5H9N5O2S. The SMILES string of the molecule is Cn1nnnc1NC1CS(=O)(=O)C1. The summed E-state index contributed by atoms with van der Waals surface area (Å²) >= 11 is 0. The van der Waals surface area contributed by atoms with Crippen molar-refractivity contribution in [3.8, 4) is 0 Å². The van der Waals surface area contributed by atoms with E-state index >= 15 is 0 Å². The summed E-state index contributed by atoms with van der Waals surface area (Å²) in [6, 6.07) is -0.0466. The zero-order chi connectivity index (χ0) is 9.47. The number of aryl methyl sites for hydroxylation is 1. The van der Waals surface area contributed by atoms with Gasteiger partial charge in [-0.3, -0.25) is 0 Å². The predicted molar refractivity (Wildman–Crippen MR) is 44.9 cm³/mol. The first-order chi connectivity index (χ1) is 6.07. The molecule has 2 heterocycles. The van der Waals surface area contributed by atoms with Crippen LogP contribution in [0.15, 0.2) is 0 Å². The molecule has 1 saturated heterocycles. The normalized spacial score (nSPS) is 21.0. The van der Waals surface area contributed by atoms with Crippen molar-refractivity contribution < 1.29 is 8.42 Å². The second kappa shape index (κ2) is 2.66. The number of sulfone groups is 1. The molecule has 0 spiro atoms. The van der Waals surface area contributed by atoms with Gasteiger partial charge in [0.05, 0.1) is 17.5 Å². The molecule has 0 unspecified atom stereocenters. The molecule has 7 nitrogen and oxygen atoms in total. The Morgan fingerprint density at radius 3 is 2.69 bits per heavy atom. The third-order valence-electron chi connectivity index (χ3n) is 1.86. The lowest BCUT2D eigenvalue weighted by atomic mass is 10.4. The molecule has 1 N–H and O–H groups in total. The Kier molecular flexibility index (Phi) is 1.72. The van der Waals surface area contributed by atoms with E-state index < -0.39 is 9.84 Å². The number of tetrazole rings is 1. The van der Waals surface area contributed by atoms with Crippen molar-refractivity contribution in [1.29, 1.82) is 0 Å². The number of rotatable bonds is 2. The number of hydrogen-bond acceptors (Lipinski definition) is 6. The smallest absolute Gasteiger partial charge is 0.242 e. The average molecular weight is 203 g/mol. The highest BCUT2D eigenvalue weighted by molar-refractivity contribution is 7.92. The zero-order valence-corrected chi connectivity index (χ0v) is 7.82. The number of aromatic nitrogens is 4. The highest BCUT2D eigenvalue weighted by Gasteiger charge is 2.33. The van der Waals surface area contributed by atoms with Crippen molar-refractivity contribution in [2.45, 2.75) is 6.04 Å². The maximum Gasteiger partial charge on any atom is 0.242 e. The number of nitrogens with zero attached hydrogens (tertiary/aromatic N) is 4. The van der Waals surface area contributed by atoms with E-state index in [2.05, 4.69) is 20.8 Å². The standard InChI is InChI=1S/C5H9N5O2S/c1-10-5(7-8-9-10)6-4-2-13(11,12)3-4/h4H,2-3H2,1H3,(H,6,7,9). The molecule has 0 radical (unpaired) electrons. The average Bonchev–Trinajstić information content (AvgIpc) is 2.33. The van der Waals surface area contributed by atoms with Crippen LogP contribution in [0.5, 0.6) is 0 Å². The largest absolute Gasteiger partial charge is 0.348 e. The number of nitrogens with one attached hydrogen (secondary N) is 1. The summed E-state index contributed by atoms with van der Waals surface area (Å²) in [7, 11) is -1.10. The lowest BCUT2D eigenvalue weighted by Crippen LogP contribution is -2.47. The van der Waals surface area contributed by atoms with Crippen LogP contribution in [0, 0.1) is 0 Å². The summed E-state index contributed by atoms with van der Waals surface area (Å²) in [6.07, 6.45) is 0. The van der Waals surface area contributed by atoms with Gasteiger partial charge >= 0.3 is 0 Å².